The molecule has 0 aliphatic heterocycles. The molecule has 4 heteroatoms. The molecular weight excluding hydrogens is 206 g/mol. The van der Waals surface area contributed by atoms with Crippen molar-refractivity contribution in [2.45, 2.75) is 52.5 Å². The Kier molecular flexibility index (Phi) is 6.08. The van der Waals surface area contributed by atoms with Gasteiger partial charge >= 0.3 is 5.97 Å². The van der Waals surface area contributed by atoms with Crippen LogP contribution in [0.5, 0.6) is 0 Å². The Morgan fingerprint density at radius 1 is 1.50 bits per heavy atom. The van der Waals surface area contributed by atoms with E-state index in [2.05, 4.69) is 0 Å². The highest BCUT2D eigenvalue weighted by atomic mass is 16.4. The first-order chi connectivity index (χ1) is 7.38. The molecule has 1 atom stereocenters. The van der Waals surface area contributed by atoms with Gasteiger partial charge in [0.15, 0.2) is 0 Å². The van der Waals surface area contributed by atoms with Crippen LogP contribution in [0, 0.1) is 5.92 Å². The minimum absolute atomic E-state index is 0.439. The number of hydrogen-bond donors (Lipinski definition) is 1. The lowest BCUT2D eigenvalue weighted by Crippen LogP contribution is -2.52. The van der Waals surface area contributed by atoms with Crippen molar-refractivity contribution >= 4 is 12.4 Å². The predicted octanol–water partition coefficient (Wildman–Crippen LogP) is 2.13. The number of hydrogen-bond acceptors (Lipinski definition) is 2. The molecule has 1 unspecified atom stereocenters. The summed E-state index contributed by atoms with van der Waals surface area (Å²) in [6.07, 6.45) is 2.72. The quantitative estimate of drug-likeness (QED) is 0.649. The van der Waals surface area contributed by atoms with Crippen LogP contribution in [0.25, 0.3) is 0 Å². The summed E-state index contributed by atoms with van der Waals surface area (Å²) in [5.41, 5.74) is -1.07. The smallest absolute Gasteiger partial charge is 0.329 e. The van der Waals surface area contributed by atoms with E-state index >= 15 is 0 Å². The first kappa shape index (κ1) is 14.9. The molecule has 0 spiro atoms. The monoisotopic (exact) mass is 229 g/mol. The van der Waals surface area contributed by atoms with E-state index in [1.165, 1.54) is 4.90 Å². The van der Waals surface area contributed by atoms with Gasteiger partial charge in [0.05, 0.1) is 0 Å². The summed E-state index contributed by atoms with van der Waals surface area (Å²) in [5, 5.41) is 9.27. The fourth-order valence-corrected chi connectivity index (χ4v) is 1.60. The third-order valence-electron chi connectivity index (χ3n) is 2.89. The molecule has 0 saturated carbocycles. The Morgan fingerprint density at radius 3 is 2.38 bits per heavy atom. The number of carbonyl (C=O) groups is 2. The van der Waals surface area contributed by atoms with Gasteiger partial charge in [-0.25, -0.2) is 4.79 Å². The normalized spacial score (nSPS) is 14.6. The van der Waals surface area contributed by atoms with Crippen LogP contribution < -0.4 is 0 Å². The number of carboxylic acid groups (broad SMARTS) is 1. The Balaban J connectivity index is 4.77. The lowest BCUT2D eigenvalue weighted by Gasteiger charge is -2.35. The van der Waals surface area contributed by atoms with Crippen molar-refractivity contribution in [3.63, 3.8) is 0 Å². The molecule has 0 bridgehead atoms. The van der Waals surface area contributed by atoms with Crippen molar-refractivity contribution in [3.8, 4) is 0 Å². The van der Waals surface area contributed by atoms with E-state index in [1.807, 2.05) is 20.8 Å². The molecule has 16 heavy (non-hydrogen) atoms. The zero-order valence-corrected chi connectivity index (χ0v) is 10.7. The predicted molar refractivity (Wildman–Crippen MR) is 63.2 cm³/mol. The molecule has 1 N–H and O–H groups in total. The number of carboxylic acids is 1. The molecule has 0 fully saturated rings. The number of rotatable bonds is 8. The van der Waals surface area contributed by atoms with E-state index in [1.54, 1.807) is 6.92 Å². The van der Waals surface area contributed by atoms with Crippen molar-refractivity contribution in [1.82, 2.24) is 4.90 Å². The molecule has 0 heterocycles. The van der Waals surface area contributed by atoms with Gasteiger partial charge in [-0.1, -0.05) is 20.8 Å². The van der Waals surface area contributed by atoms with Crippen LogP contribution in [0.1, 0.15) is 47.0 Å². The summed E-state index contributed by atoms with van der Waals surface area (Å²) >= 11 is 0. The summed E-state index contributed by atoms with van der Waals surface area (Å²) < 4.78 is 0. The largest absolute Gasteiger partial charge is 0.480 e. The van der Waals surface area contributed by atoms with Crippen molar-refractivity contribution in [2.75, 3.05) is 6.54 Å². The standard InChI is InChI=1S/C12H23NO3/c1-5-8-13(9-14)12(4,11(15)16)7-6-10(2)3/h9-10H,5-8H2,1-4H3,(H,15,16). The number of amides is 1. The van der Waals surface area contributed by atoms with Crippen LogP contribution in [0.2, 0.25) is 0 Å². The molecule has 0 saturated heterocycles. The molecule has 4 nitrogen and oxygen atoms in total. The molecule has 94 valence electrons. The van der Waals surface area contributed by atoms with Crippen LogP contribution in [0.3, 0.4) is 0 Å². The summed E-state index contributed by atoms with van der Waals surface area (Å²) in [7, 11) is 0. The van der Waals surface area contributed by atoms with Crippen molar-refractivity contribution in [1.29, 1.82) is 0 Å². The van der Waals surface area contributed by atoms with Crippen LogP contribution in [-0.4, -0.2) is 34.5 Å². The van der Waals surface area contributed by atoms with Gasteiger partial charge in [-0.3, -0.25) is 4.79 Å². The zero-order chi connectivity index (χ0) is 12.8. The number of nitrogens with zero attached hydrogens (tertiary/aromatic N) is 1. The van der Waals surface area contributed by atoms with Crippen LogP contribution in [-0.2, 0) is 9.59 Å². The molecule has 0 aromatic rings. The second kappa shape index (κ2) is 6.51. The molecule has 0 radical (unpaired) electrons. The van der Waals surface area contributed by atoms with Crippen molar-refractivity contribution < 1.29 is 14.7 Å². The Morgan fingerprint density at radius 2 is 2.06 bits per heavy atom. The first-order valence-electron chi connectivity index (χ1n) is 5.84. The van der Waals surface area contributed by atoms with E-state index in [-0.39, 0.29) is 0 Å². The van der Waals surface area contributed by atoms with E-state index in [0.29, 0.717) is 25.3 Å². The maximum atomic E-state index is 11.3. The maximum absolute atomic E-state index is 11.3. The first-order valence-corrected chi connectivity index (χ1v) is 5.84. The van der Waals surface area contributed by atoms with E-state index < -0.39 is 11.5 Å². The third kappa shape index (κ3) is 3.83. The zero-order valence-electron chi connectivity index (χ0n) is 10.7. The molecular formula is C12H23NO3. The Hall–Kier alpha value is -1.06. The van der Waals surface area contributed by atoms with Gasteiger partial charge < -0.3 is 10.0 Å². The minimum atomic E-state index is -1.07. The molecule has 0 aromatic carbocycles. The topological polar surface area (TPSA) is 57.6 Å². The summed E-state index contributed by atoms with van der Waals surface area (Å²) in [6.45, 7) is 8.15. The lowest BCUT2D eigenvalue weighted by atomic mass is 9.90. The van der Waals surface area contributed by atoms with Gasteiger partial charge in [0, 0.05) is 6.54 Å². The Labute approximate surface area is 97.6 Å². The lowest BCUT2D eigenvalue weighted by molar-refractivity contribution is -0.154. The van der Waals surface area contributed by atoms with Crippen LogP contribution >= 0.6 is 0 Å². The van der Waals surface area contributed by atoms with E-state index in [4.69, 9.17) is 0 Å². The van der Waals surface area contributed by atoms with Gasteiger partial charge in [-0.15, -0.1) is 0 Å². The highest BCUT2D eigenvalue weighted by molar-refractivity contribution is 5.80. The maximum Gasteiger partial charge on any atom is 0.329 e. The van der Waals surface area contributed by atoms with E-state index in [9.17, 15) is 14.7 Å². The fourth-order valence-electron chi connectivity index (χ4n) is 1.60. The highest BCUT2D eigenvalue weighted by Gasteiger charge is 2.38. The summed E-state index contributed by atoms with van der Waals surface area (Å²) in [5.74, 6) is -0.484. The van der Waals surface area contributed by atoms with E-state index in [0.717, 1.165) is 12.8 Å². The highest BCUT2D eigenvalue weighted by Crippen LogP contribution is 2.23. The average Bonchev–Trinajstić information content (AvgIpc) is 2.22. The number of aliphatic carboxylic acids is 1. The SMILES string of the molecule is CCCN(C=O)C(C)(CCC(C)C)C(=O)O. The van der Waals surface area contributed by atoms with Gasteiger partial charge in [0.1, 0.15) is 5.54 Å². The average molecular weight is 229 g/mol. The third-order valence-corrected chi connectivity index (χ3v) is 2.89. The molecule has 0 aliphatic carbocycles. The van der Waals surface area contributed by atoms with Crippen LogP contribution in [0.15, 0.2) is 0 Å². The molecule has 0 aromatic heterocycles. The van der Waals surface area contributed by atoms with Gasteiger partial charge in [0.25, 0.3) is 0 Å². The fraction of sp³-hybridized carbons (Fsp3) is 0.833. The second-order valence-electron chi connectivity index (χ2n) is 4.81. The molecule has 0 aliphatic rings. The molecule has 1 amide bonds. The van der Waals surface area contributed by atoms with Gasteiger partial charge in [-0.05, 0) is 32.1 Å². The Bertz CT molecular complexity index is 240. The summed E-state index contributed by atoms with van der Waals surface area (Å²) in [4.78, 5) is 23.7. The second-order valence-corrected chi connectivity index (χ2v) is 4.81. The van der Waals surface area contributed by atoms with Gasteiger partial charge in [0.2, 0.25) is 6.41 Å². The van der Waals surface area contributed by atoms with Gasteiger partial charge in [-0.2, -0.15) is 0 Å². The van der Waals surface area contributed by atoms with Crippen molar-refractivity contribution in [2.24, 2.45) is 5.92 Å². The molecule has 0 rings (SSSR count). The minimum Gasteiger partial charge on any atom is -0.480 e. The summed E-state index contributed by atoms with van der Waals surface area (Å²) in [6, 6.07) is 0. The van der Waals surface area contributed by atoms with Crippen molar-refractivity contribution in [3.05, 3.63) is 0 Å². The van der Waals surface area contributed by atoms with Crippen LogP contribution in [0.4, 0.5) is 0 Å². The number of carbonyl (C=O) groups excluding carboxylic acids is 1.